The quantitative estimate of drug-likeness (QED) is 0.546. The molecule has 0 aliphatic rings. The zero-order chi connectivity index (χ0) is 11.5. The van der Waals surface area contributed by atoms with Gasteiger partial charge < -0.3 is 4.74 Å². The molecule has 15 heavy (non-hydrogen) atoms. The number of allylic oxidation sites excluding steroid dienone is 1. The molecular formula is C13H16O2. The third-order valence-electron chi connectivity index (χ3n) is 1.53. The lowest BCUT2D eigenvalue weighted by Gasteiger charge is -1.86. The Morgan fingerprint density at radius 3 is 2.27 bits per heavy atom. The first-order valence-electron chi connectivity index (χ1n) is 4.62. The van der Waals surface area contributed by atoms with Crippen molar-refractivity contribution in [3.05, 3.63) is 54.6 Å². The van der Waals surface area contributed by atoms with E-state index in [0.717, 1.165) is 6.08 Å². The molecule has 2 nitrogen and oxygen atoms in total. The molecule has 80 valence electrons. The second kappa shape index (κ2) is 8.75. The number of carbonyl (C=O) groups excluding carboxylic acids is 1. The van der Waals surface area contributed by atoms with Gasteiger partial charge in [0.2, 0.25) is 0 Å². The maximum absolute atomic E-state index is 9.84. The van der Waals surface area contributed by atoms with Crippen LogP contribution >= 0.6 is 0 Å². The van der Waals surface area contributed by atoms with Crippen molar-refractivity contribution < 1.29 is 9.53 Å². The summed E-state index contributed by atoms with van der Waals surface area (Å²) in [6, 6.07) is 10.3. The minimum absolute atomic E-state index is 0.394. The van der Waals surface area contributed by atoms with Crippen molar-refractivity contribution >= 4 is 12.0 Å². The van der Waals surface area contributed by atoms with Crippen LogP contribution in [0, 0.1) is 0 Å². The van der Waals surface area contributed by atoms with E-state index in [-0.39, 0.29) is 0 Å². The molecule has 1 aromatic carbocycles. The first-order chi connectivity index (χ1) is 7.24. The predicted octanol–water partition coefficient (Wildman–Crippen LogP) is 3.07. The number of esters is 1. The van der Waals surface area contributed by atoms with Gasteiger partial charge in [0.1, 0.15) is 0 Å². The zero-order valence-corrected chi connectivity index (χ0v) is 9.14. The highest BCUT2D eigenvalue weighted by Crippen LogP contribution is 1.99. The lowest BCUT2D eigenvalue weighted by Crippen LogP contribution is -1.91. The summed E-state index contributed by atoms with van der Waals surface area (Å²) >= 11 is 0. The second-order valence-corrected chi connectivity index (χ2v) is 2.64. The summed E-state index contributed by atoms with van der Waals surface area (Å²) in [6.45, 7) is 5.18. The van der Waals surface area contributed by atoms with Crippen LogP contribution in [0.5, 0.6) is 0 Å². The Balaban J connectivity index is 0.000000288. The molecule has 0 spiro atoms. The molecule has 0 heterocycles. The molecule has 0 saturated carbocycles. The summed E-state index contributed by atoms with van der Waals surface area (Å²) in [5.41, 5.74) is 1.26. The Morgan fingerprint density at radius 2 is 1.93 bits per heavy atom. The first kappa shape index (κ1) is 13.2. The Morgan fingerprint density at radius 1 is 1.33 bits per heavy atom. The molecule has 0 N–H and O–H groups in total. The van der Waals surface area contributed by atoms with Crippen molar-refractivity contribution in [1.82, 2.24) is 0 Å². The van der Waals surface area contributed by atoms with Crippen molar-refractivity contribution in [2.24, 2.45) is 0 Å². The monoisotopic (exact) mass is 204 g/mol. The van der Waals surface area contributed by atoms with Crippen molar-refractivity contribution in [3.8, 4) is 0 Å². The number of rotatable bonds is 2. The molecule has 0 aliphatic carbocycles. The van der Waals surface area contributed by atoms with E-state index in [2.05, 4.69) is 29.5 Å². The highest BCUT2D eigenvalue weighted by molar-refractivity contribution is 5.80. The lowest BCUT2D eigenvalue weighted by molar-refractivity contribution is -0.134. The van der Waals surface area contributed by atoms with Crippen molar-refractivity contribution in [2.75, 3.05) is 7.11 Å². The fourth-order valence-corrected chi connectivity index (χ4v) is 0.840. The van der Waals surface area contributed by atoms with E-state index >= 15 is 0 Å². The Bertz CT molecular complexity index is 313. The molecule has 1 aromatic rings. The molecule has 2 heteroatoms. The second-order valence-electron chi connectivity index (χ2n) is 2.64. The summed E-state index contributed by atoms with van der Waals surface area (Å²) in [4.78, 5) is 9.84. The molecule has 0 bridgehead atoms. The van der Waals surface area contributed by atoms with E-state index in [1.165, 1.54) is 12.7 Å². The number of methoxy groups -OCH3 is 1. The molecule has 0 amide bonds. The van der Waals surface area contributed by atoms with E-state index in [1.807, 2.05) is 31.2 Å². The van der Waals surface area contributed by atoms with Gasteiger partial charge >= 0.3 is 5.97 Å². The van der Waals surface area contributed by atoms with Gasteiger partial charge in [-0.1, -0.05) is 49.1 Å². The van der Waals surface area contributed by atoms with Crippen LogP contribution < -0.4 is 0 Å². The average Bonchev–Trinajstić information content (AvgIpc) is 2.31. The van der Waals surface area contributed by atoms with Gasteiger partial charge in [0.05, 0.1) is 7.11 Å². The maximum Gasteiger partial charge on any atom is 0.329 e. The normalized spacial score (nSPS) is 8.93. The third kappa shape index (κ3) is 7.26. The van der Waals surface area contributed by atoms with E-state index in [4.69, 9.17) is 0 Å². The maximum atomic E-state index is 9.84. The number of hydrogen-bond acceptors (Lipinski definition) is 2. The van der Waals surface area contributed by atoms with E-state index in [9.17, 15) is 4.79 Å². The molecule has 0 aliphatic heterocycles. The Hall–Kier alpha value is -1.83. The van der Waals surface area contributed by atoms with Crippen LogP contribution in [-0.4, -0.2) is 13.1 Å². The minimum atomic E-state index is -0.394. The standard InChI is InChI=1S/C9H10.C4H6O2/c1-2-6-9-7-4-3-5-8-9;1-3-4(5)6-2/h2-8H,1H3;3H,1H2,2H3. The van der Waals surface area contributed by atoms with Gasteiger partial charge in [-0.3, -0.25) is 0 Å². The van der Waals surface area contributed by atoms with Crippen LogP contribution in [0.3, 0.4) is 0 Å². The predicted molar refractivity (Wildman–Crippen MR) is 63.4 cm³/mol. The van der Waals surface area contributed by atoms with E-state index in [0.29, 0.717) is 0 Å². The van der Waals surface area contributed by atoms with Crippen molar-refractivity contribution in [1.29, 1.82) is 0 Å². The van der Waals surface area contributed by atoms with Crippen LogP contribution in [0.15, 0.2) is 49.1 Å². The van der Waals surface area contributed by atoms with Gasteiger partial charge in [-0.15, -0.1) is 0 Å². The van der Waals surface area contributed by atoms with Crippen LogP contribution in [0.4, 0.5) is 0 Å². The van der Waals surface area contributed by atoms with Crippen LogP contribution in [-0.2, 0) is 9.53 Å². The number of ether oxygens (including phenoxy) is 1. The van der Waals surface area contributed by atoms with Gasteiger partial charge in [-0.25, -0.2) is 4.79 Å². The summed E-state index contributed by atoms with van der Waals surface area (Å²) in [5.74, 6) is -0.394. The van der Waals surface area contributed by atoms with Gasteiger partial charge in [0.15, 0.2) is 0 Å². The topological polar surface area (TPSA) is 26.3 Å². The number of benzene rings is 1. The summed E-state index contributed by atoms with van der Waals surface area (Å²) in [5, 5.41) is 0. The Labute approximate surface area is 90.9 Å². The van der Waals surface area contributed by atoms with Crippen molar-refractivity contribution in [3.63, 3.8) is 0 Å². The fraction of sp³-hybridized carbons (Fsp3) is 0.154. The molecule has 0 radical (unpaired) electrons. The third-order valence-corrected chi connectivity index (χ3v) is 1.53. The van der Waals surface area contributed by atoms with Crippen LogP contribution in [0.25, 0.3) is 6.08 Å². The molecule has 0 unspecified atom stereocenters. The van der Waals surface area contributed by atoms with Gasteiger partial charge in [-0.2, -0.15) is 0 Å². The highest BCUT2D eigenvalue weighted by atomic mass is 16.5. The largest absolute Gasteiger partial charge is 0.466 e. The molecule has 1 rings (SSSR count). The lowest BCUT2D eigenvalue weighted by atomic mass is 10.2. The average molecular weight is 204 g/mol. The number of carbonyl (C=O) groups is 1. The summed E-state index contributed by atoms with van der Waals surface area (Å²) in [6.07, 6.45) is 5.23. The molecule has 0 fully saturated rings. The fourth-order valence-electron chi connectivity index (χ4n) is 0.840. The first-order valence-corrected chi connectivity index (χ1v) is 4.62. The highest BCUT2D eigenvalue weighted by Gasteiger charge is 1.82. The van der Waals surface area contributed by atoms with Gasteiger partial charge in [0, 0.05) is 6.08 Å². The minimum Gasteiger partial charge on any atom is -0.466 e. The van der Waals surface area contributed by atoms with Crippen LogP contribution in [0.1, 0.15) is 12.5 Å². The summed E-state index contributed by atoms with van der Waals surface area (Å²) < 4.78 is 4.14. The van der Waals surface area contributed by atoms with E-state index < -0.39 is 5.97 Å². The van der Waals surface area contributed by atoms with Crippen LogP contribution in [0.2, 0.25) is 0 Å². The molecular weight excluding hydrogens is 188 g/mol. The molecule has 0 saturated heterocycles. The SMILES string of the molecule is C=CC(=O)OC.CC=Cc1ccccc1. The number of hydrogen-bond donors (Lipinski definition) is 0. The molecule has 0 atom stereocenters. The zero-order valence-electron chi connectivity index (χ0n) is 9.14. The van der Waals surface area contributed by atoms with Gasteiger partial charge in [-0.05, 0) is 12.5 Å². The summed E-state index contributed by atoms with van der Waals surface area (Å²) in [7, 11) is 1.31. The van der Waals surface area contributed by atoms with Gasteiger partial charge in [0.25, 0.3) is 0 Å². The Kier molecular flexibility index (Phi) is 7.69. The van der Waals surface area contributed by atoms with Crippen molar-refractivity contribution in [2.45, 2.75) is 6.92 Å². The van der Waals surface area contributed by atoms with E-state index in [1.54, 1.807) is 0 Å². The molecule has 0 aromatic heterocycles. The smallest absolute Gasteiger partial charge is 0.329 e.